The van der Waals surface area contributed by atoms with E-state index in [-0.39, 0.29) is 12.1 Å². The van der Waals surface area contributed by atoms with Crippen molar-refractivity contribution in [2.75, 3.05) is 38.6 Å². The van der Waals surface area contributed by atoms with Crippen LogP contribution in [0.2, 0.25) is 0 Å². The summed E-state index contributed by atoms with van der Waals surface area (Å²) in [6.07, 6.45) is 3.12. The number of fused-ring (bicyclic) bond motifs is 1. The molecule has 3 aromatic heterocycles. The maximum Gasteiger partial charge on any atom is 0.410 e. The molecule has 216 valence electrons. The van der Waals surface area contributed by atoms with Crippen LogP contribution in [0.1, 0.15) is 45.0 Å². The maximum atomic E-state index is 15.2. The molecule has 0 bridgehead atoms. The van der Waals surface area contributed by atoms with Crippen molar-refractivity contribution in [1.29, 1.82) is 0 Å². The molecule has 1 aliphatic heterocycles. The summed E-state index contributed by atoms with van der Waals surface area (Å²) in [4.78, 5) is 33.0. The lowest BCUT2D eigenvalue weighted by Gasteiger charge is -2.38. The van der Waals surface area contributed by atoms with Crippen molar-refractivity contribution in [3.8, 4) is 16.9 Å². The van der Waals surface area contributed by atoms with Crippen molar-refractivity contribution in [3.05, 3.63) is 59.8 Å². The second kappa shape index (κ2) is 11.3. The zero-order valence-corrected chi connectivity index (χ0v) is 24.3. The van der Waals surface area contributed by atoms with Gasteiger partial charge in [-0.25, -0.2) is 19.2 Å². The molecular formula is C30H36FN7O3. The van der Waals surface area contributed by atoms with Crippen LogP contribution in [0.25, 0.3) is 22.2 Å². The van der Waals surface area contributed by atoms with Gasteiger partial charge in [-0.05, 0) is 64.4 Å². The predicted molar refractivity (Wildman–Crippen MR) is 156 cm³/mol. The van der Waals surface area contributed by atoms with Gasteiger partial charge in [0.05, 0.1) is 23.8 Å². The fraction of sp³-hybridized carbons (Fsp3) is 0.400. The van der Waals surface area contributed by atoms with Crippen LogP contribution >= 0.6 is 0 Å². The van der Waals surface area contributed by atoms with E-state index in [4.69, 9.17) is 9.47 Å². The Hall–Kier alpha value is -4.25. The number of aromatic amines is 1. The molecule has 5 rings (SSSR count). The van der Waals surface area contributed by atoms with E-state index in [9.17, 15) is 4.79 Å². The Labute approximate surface area is 238 Å². The summed E-state index contributed by atoms with van der Waals surface area (Å²) < 4.78 is 26.2. The van der Waals surface area contributed by atoms with Gasteiger partial charge in [-0.1, -0.05) is 0 Å². The number of halogens is 1. The van der Waals surface area contributed by atoms with E-state index in [1.807, 2.05) is 39.8 Å². The van der Waals surface area contributed by atoms with Gasteiger partial charge in [-0.3, -0.25) is 9.88 Å². The van der Waals surface area contributed by atoms with E-state index in [2.05, 4.69) is 37.1 Å². The summed E-state index contributed by atoms with van der Waals surface area (Å²) in [5.41, 5.74) is 3.42. The number of benzene rings is 1. The number of rotatable bonds is 6. The lowest BCUT2D eigenvalue weighted by molar-refractivity contribution is 0.0110. The van der Waals surface area contributed by atoms with Crippen LogP contribution in [0.5, 0.6) is 5.75 Å². The smallest absolute Gasteiger partial charge is 0.410 e. The lowest BCUT2D eigenvalue weighted by Crippen LogP contribution is -2.50. The first-order valence-corrected chi connectivity index (χ1v) is 13.7. The third-order valence-electron chi connectivity index (χ3n) is 7.17. The number of piperazine rings is 1. The van der Waals surface area contributed by atoms with Crippen LogP contribution in [0.15, 0.2) is 42.7 Å². The average molecular weight is 562 g/mol. The first-order valence-electron chi connectivity index (χ1n) is 13.7. The highest BCUT2D eigenvalue weighted by Crippen LogP contribution is 2.35. The lowest BCUT2D eigenvalue weighted by atomic mass is 10.0. The van der Waals surface area contributed by atoms with Crippen LogP contribution in [-0.2, 0) is 4.74 Å². The Morgan fingerprint density at radius 1 is 1.07 bits per heavy atom. The molecule has 1 aliphatic rings. The minimum absolute atomic E-state index is 0.116. The van der Waals surface area contributed by atoms with Crippen LogP contribution in [0, 0.1) is 12.7 Å². The minimum atomic E-state index is -0.509. The molecule has 1 aromatic carbocycles. The summed E-state index contributed by atoms with van der Waals surface area (Å²) >= 11 is 0. The van der Waals surface area contributed by atoms with E-state index in [1.165, 1.54) is 6.07 Å². The number of nitrogens with one attached hydrogen (secondary N) is 2. The first-order chi connectivity index (χ1) is 19.5. The fourth-order valence-corrected chi connectivity index (χ4v) is 5.04. The number of ether oxygens (including phenoxy) is 2. The monoisotopic (exact) mass is 561 g/mol. The van der Waals surface area contributed by atoms with E-state index >= 15 is 4.39 Å². The molecule has 41 heavy (non-hydrogen) atoms. The molecule has 1 atom stereocenters. The number of imidazole rings is 1. The highest BCUT2D eigenvalue weighted by Gasteiger charge is 2.28. The van der Waals surface area contributed by atoms with Gasteiger partial charge in [0.15, 0.2) is 0 Å². The normalized spacial score (nSPS) is 15.1. The van der Waals surface area contributed by atoms with Gasteiger partial charge < -0.3 is 24.7 Å². The van der Waals surface area contributed by atoms with Crippen molar-refractivity contribution in [1.82, 2.24) is 29.7 Å². The van der Waals surface area contributed by atoms with Gasteiger partial charge in [0.2, 0.25) is 5.95 Å². The number of methoxy groups -OCH3 is 1. The third-order valence-corrected chi connectivity index (χ3v) is 7.17. The van der Waals surface area contributed by atoms with E-state index in [0.29, 0.717) is 58.5 Å². The molecule has 1 unspecified atom stereocenters. The molecule has 1 amide bonds. The quantitative estimate of drug-likeness (QED) is 0.303. The number of hydrogen-bond acceptors (Lipinski definition) is 8. The van der Waals surface area contributed by atoms with Crippen molar-refractivity contribution in [2.24, 2.45) is 0 Å². The highest BCUT2D eigenvalue weighted by atomic mass is 19.1. The number of carbonyl (C=O) groups excluding carboxylic acids is 1. The molecule has 0 radical (unpaired) electrons. The summed E-state index contributed by atoms with van der Waals surface area (Å²) in [5.74, 6) is 1.21. The molecule has 1 saturated heterocycles. The number of H-pyrrole nitrogens is 1. The van der Waals surface area contributed by atoms with Crippen molar-refractivity contribution in [2.45, 2.75) is 46.3 Å². The Balaban J connectivity index is 1.29. The van der Waals surface area contributed by atoms with E-state index in [0.717, 1.165) is 18.7 Å². The summed E-state index contributed by atoms with van der Waals surface area (Å²) in [6, 6.07) is 8.95. The second-order valence-electron chi connectivity index (χ2n) is 11.2. The Morgan fingerprint density at radius 3 is 2.51 bits per heavy atom. The van der Waals surface area contributed by atoms with Gasteiger partial charge in [-0.15, -0.1) is 0 Å². The SMILES string of the molecule is COc1c(-c2cc3nc(Nc4cc(C(C)N5CCN(C(=O)OC(C)(C)C)CC5)ccn4)[nH]c3cc2F)ccnc1C. The Bertz CT molecular complexity index is 1560. The highest BCUT2D eigenvalue weighted by molar-refractivity contribution is 5.86. The molecule has 4 aromatic rings. The number of pyridine rings is 2. The average Bonchev–Trinajstić information content (AvgIpc) is 3.32. The van der Waals surface area contributed by atoms with Gasteiger partial charge >= 0.3 is 6.09 Å². The van der Waals surface area contributed by atoms with E-state index < -0.39 is 11.4 Å². The molecule has 2 N–H and O–H groups in total. The number of aromatic nitrogens is 4. The Kier molecular flexibility index (Phi) is 7.81. The van der Waals surface area contributed by atoms with Crippen LogP contribution < -0.4 is 10.1 Å². The van der Waals surface area contributed by atoms with Crippen molar-refractivity contribution >= 4 is 28.9 Å². The predicted octanol–water partition coefficient (Wildman–Crippen LogP) is 5.83. The Morgan fingerprint density at radius 2 is 1.80 bits per heavy atom. The topological polar surface area (TPSA) is 109 Å². The number of aryl methyl sites for hydroxylation is 1. The summed E-state index contributed by atoms with van der Waals surface area (Å²) in [6.45, 7) is 12.3. The minimum Gasteiger partial charge on any atom is -0.494 e. The van der Waals surface area contributed by atoms with Crippen LogP contribution in [0.4, 0.5) is 21.0 Å². The molecule has 0 spiro atoms. The van der Waals surface area contributed by atoms with Gasteiger partial charge in [0.1, 0.15) is 23.0 Å². The zero-order chi connectivity index (χ0) is 29.3. The number of hydrogen-bond donors (Lipinski definition) is 2. The molecule has 10 nitrogen and oxygen atoms in total. The molecule has 11 heteroatoms. The zero-order valence-electron chi connectivity index (χ0n) is 24.3. The standard InChI is InChI=1S/C30H36FN7O3/c1-18-27(40-6)21(8-10-32-18)22-16-24-25(17-23(22)31)35-28(34-24)36-26-15-20(7-9-33-26)19(2)37-11-13-38(14-12-37)29(39)41-30(3,4)5/h7-10,15-17,19H,11-14H2,1-6H3,(H2,33,34,35,36). The third kappa shape index (κ3) is 6.25. The van der Waals surface area contributed by atoms with E-state index in [1.54, 1.807) is 36.5 Å². The molecule has 0 saturated carbocycles. The van der Waals surface area contributed by atoms with Crippen LogP contribution in [-0.4, -0.2) is 74.7 Å². The molecule has 4 heterocycles. The van der Waals surface area contributed by atoms with Crippen LogP contribution in [0.3, 0.4) is 0 Å². The van der Waals surface area contributed by atoms with Gasteiger partial charge in [0.25, 0.3) is 0 Å². The van der Waals surface area contributed by atoms with Crippen molar-refractivity contribution < 1.29 is 18.7 Å². The number of carbonyl (C=O) groups is 1. The summed E-state index contributed by atoms with van der Waals surface area (Å²) in [7, 11) is 1.55. The van der Waals surface area contributed by atoms with Crippen molar-refractivity contribution in [3.63, 3.8) is 0 Å². The van der Waals surface area contributed by atoms with Gasteiger partial charge in [0, 0.05) is 61.8 Å². The molecular weight excluding hydrogens is 525 g/mol. The largest absolute Gasteiger partial charge is 0.494 e. The second-order valence-corrected chi connectivity index (χ2v) is 11.2. The fourth-order valence-electron chi connectivity index (χ4n) is 5.04. The molecule has 0 aliphatic carbocycles. The maximum absolute atomic E-state index is 15.2. The number of nitrogens with zero attached hydrogens (tertiary/aromatic N) is 5. The van der Waals surface area contributed by atoms with Gasteiger partial charge in [-0.2, -0.15) is 0 Å². The first kappa shape index (κ1) is 28.3. The number of anilines is 2. The number of amides is 1. The molecule has 1 fully saturated rings. The summed E-state index contributed by atoms with van der Waals surface area (Å²) in [5, 5.41) is 3.22.